The summed E-state index contributed by atoms with van der Waals surface area (Å²) in [5.41, 5.74) is 2.18. The number of nitrogens with zero attached hydrogens (tertiary/aromatic N) is 4. The summed E-state index contributed by atoms with van der Waals surface area (Å²) in [5.74, 6) is 0.792. The van der Waals surface area contributed by atoms with Crippen LogP contribution in [-0.2, 0) is 22.7 Å². The lowest BCUT2D eigenvalue weighted by Crippen LogP contribution is -2.50. The van der Waals surface area contributed by atoms with Gasteiger partial charge < -0.3 is 9.80 Å². The number of carbonyl (C=O) groups excluding carboxylic acids is 2. The Balaban J connectivity index is 1.40. The highest BCUT2D eigenvalue weighted by Gasteiger charge is 2.53. The third-order valence-electron chi connectivity index (χ3n) is 5.40. The number of rotatable bonds is 5. The first kappa shape index (κ1) is 18.1. The maximum absolute atomic E-state index is 13.0. The second-order valence-electron chi connectivity index (χ2n) is 7.49. The summed E-state index contributed by atoms with van der Waals surface area (Å²) in [6.45, 7) is 3.27. The lowest BCUT2D eigenvalue weighted by molar-refractivity contribution is -0.143. The smallest absolute Gasteiger partial charge is 0.246 e. The highest BCUT2D eigenvalue weighted by Crippen LogP contribution is 2.47. The van der Waals surface area contributed by atoms with Crippen LogP contribution in [0.15, 0.2) is 42.7 Å². The highest BCUT2D eigenvalue weighted by atomic mass is 32.2. The number of benzene rings is 1. The van der Waals surface area contributed by atoms with Crippen LogP contribution in [0, 0.1) is 0 Å². The van der Waals surface area contributed by atoms with Gasteiger partial charge in [0.2, 0.25) is 11.8 Å². The van der Waals surface area contributed by atoms with E-state index in [0.29, 0.717) is 25.3 Å². The van der Waals surface area contributed by atoms with E-state index in [-0.39, 0.29) is 22.7 Å². The van der Waals surface area contributed by atoms with E-state index in [1.807, 2.05) is 34.0 Å². The van der Waals surface area contributed by atoms with Crippen LogP contribution in [-0.4, -0.2) is 55.1 Å². The quantitative estimate of drug-likeness (QED) is 0.794. The average molecular weight is 385 g/mol. The van der Waals surface area contributed by atoms with Crippen molar-refractivity contribution in [3.63, 3.8) is 0 Å². The topological polar surface area (TPSA) is 58.4 Å². The number of fused-ring (bicyclic) bond motifs is 1. The summed E-state index contributed by atoms with van der Waals surface area (Å²) in [4.78, 5) is 28.6. The van der Waals surface area contributed by atoms with Crippen molar-refractivity contribution in [2.75, 3.05) is 12.8 Å². The highest BCUT2D eigenvalue weighted by molar-refractivity contribution is 8.01. The Morgan fingerprint density at radius 3 is 2.89 bits per heavy atom. The molecule has 1 aromatic heterocycles. The molecular weight excluding hydrogens is 360 g/mol. The van der Waals surface area contributed by atoms with Gasteiger partial charge in [-0.05, 0) is 18.9 Å². The fourth-order valence-corrected chi connectivity index (χ4v) is 5.38. The number of hydrogen-bond donors (Lipinski definition) is 0. The van der Waals surface area contributed by atoms with Crippen molar-refractivity contribution in [2.24, 2.45) is 0 Å². The Kier molecular flexibility index (Phi) is 4.72. The van der Waals surface area contributed by atoms with Gasteiger partial charge in [0.05, 0.1) is 17.6 Å². The summed E-state index contributed by atoms with van der Waals surface area (Å²) in [6.07, 6.45) is 5.16. The molecule has 0 radical (unpaired) electrons. The van der Waals surface area contributed by atoms with Crippen molar-refractivity contribution >= 4 is 23.6 Å². The van der Waals surface area contributed by atoms with Gasteiger partial charge in [0.1, 0.15) is 6.04 Å². The van der Waals surface area contributed by atoms with Crippen LogP contribution in [0.25, 0.3) is 0 Å². The molecule has 2 aromatic rings. The first-order chi connectivity index (χ1) is 13.0. The normalized spacial score (nSPS) is 24.3. The Morgan fingerprint density at radius 1 is 1.33 bits per heavy atom. The van der Waals surface area contributed by atoms with Gasteiger partial charge in [-0.3, -0.25) is 14.3 Å². The Hall–Kier alpha value is -2.28. The zero-order chi connectivity index (χ0) is 19.0. The molecule has 27 heavy (non-hydrogen) atoms. The molecule has 6 nitrogen and oxygen atoms in total. The fourth-order valence-electron chi connectivity index (χ4n) is 3.95. The van der Waals surface area contributed by atoms with E-state index >= 15 is 0 Å². The van der Waals surface area contributed by atoms with Gasteiger partial charge in [0, 0.05) is 37.5 Å². The Morgan fingerprint density at radius 2 is 2.11 bits per heavy atom. The summed E-state index contributed by atoms with van der Waals surface area (Å²) in [5, 5.41) is 4.41. The van der Waals surface area contributed by atoms with Crippen molar-refractivity contribution in [2.45, 2.75) is 43.8 Å². The van der Waals surface area contributed by atoms with Gasteiger partial charge in [-0.2, -0.15) is 5.10 Å². The van der Waals surface area contributed by atoms with Crippen LogP contribution in [0.2, 0.25) is 0 Å². The van der Waals surface area contributed by atoms with Gasteiger partial charge in [-0.1, -0.05) is 30.3 Å². The molecule has 0 N–H and O–H groups in total. The molecule has 2 amide bonds. The molecule has 2 aliphatic rings. The molecule has 2 atom stereocenters. The summed E-state index contributed by atoms with van der Waals surface area (Å²) >= 11 is 1.73. The standard InChI is InChI=1S/C20H24N4O2S/c1-20-9-8-18(25)24(20)17(14-27-20)19(26)22(2)11-16-10-21-23(13-16)12-15-6-4-3-5-7-15/h3-7,10,13,17H,8-9,11-12,14H2,1-2H3/t17-,20+/m0/s1. The fraction of sp³-hybridized carbons (Fsp3) is 0.450. The molecule has 0 spiro atoms. The molecule has 2 saturated heterocycles. The summed E-state index contributed by atoms with van der Waals surface area (Å²) < 4.78 is 1.88. The van der Waals surface area contributed by atoms with E-state index < -0.39 is 0 Å². The maximum atomic E-state index is 13.0. The lowest BCUT2D eigenvalue weighted by atomic mass is 10.2. The van der Waals surface area contributed by atoms with E-state index in [1.54, 1.807) is 29.9 Å². The van der Waals surface area contributed by atoms with Crippen LogP contribution in [0.1, 0.15) is 30.9 Å². The molecular formula is C20H24N4O2S. The van der Waals surface area contributed by atoms with Gasteiger partial charge >= 0.3 is 0 Å². The second-order valence-corrected chi connectivity index (χ2v) is 8.99. The predicted octanol–water partition coefficient (Wildman–Crippen LogP) is 2.34. The van der Waals surface area contributed by atoms with E-state index in [0.717, 1.165) is 12.0 Å². The zero-order valence-corrected chi connectivity index (χ0v) is 16.5. The molecule has 0 saturated carbocycles. The third kappa shape index (κ3) is 3.48. The SMILES string of the molecule is CN(Cc1cnn(Cc2ccccc2)c1)C(=O)[C@@H]1CS[C@]2(C)CCC(=O)N12. The number of likely N-dealkylation sites (N-methyl/N-ethyl adjacent to an activating group) is 1. The molecule has 3 heterocycles. The predicted molar refractivity (Wildman–Crippen MR) is 105 cm³/mol. The minimum atomic E-state index is -0.348. The van der Waals surface area contributed by atoms with Crippen LogP contribution >= 0.6 is 11.8 Å². The second kappa shape index (κ2) is 7.03. The van der Waals surface area contributed by atoms with Gasteiger partial charge in [-0.15, -0.1) is 11.8 Å². The molecule has 142 valence electrons. The molecule has 0 bridgehead atoms. The number of aromatic nitrogens is 2. The zero-order valence-electron chi connectivity index (χ0n) is 15.7. The van der Waals surface area contributed by atoms with Gasteiger partial charge in [-0.25, -0.2) is 0 Å². The van der Waals surface area contributed by atoms with Gasteiger partial charge in [0.25, 0.3) is 0 Å². The van der Waals surface area contributed by atoms with Gasteiger partial charge in [0.15, 0.2) is 0 Å². The van der Waals surface area contributed by atoms with Crippen LogP contribution in [0.3, 0.4) is 0 Å². The maximum Gasteiger partial charge on any atom is 0.246 e. The van der Waals surface area contributed by atoms with Crippen molar-refractivity contribution in [1.29, 1.82) is 0 Å². The average Bonchev–Trinajstić information content (AvgIpc) is 3.31. The van der Waals surface area contributed by atoms with E-state index in [2.05, 4.69) is 24.2 Å². The Bertz CT molecular complexity index is 853. The van der Waals surface area contributed by atoms with Crippen LogP contribution in [0.5, 0.6) is 0 Å². The monoisotopic (exact) mass is 384 g/mol. The first-order valence-electron chi connectivity index (χ1n) is 9.23. The minimum Gasteiger partial charge on any atom is -0.339 e. The molecule has 2 fully saturated rings. The van der Waals surface area contributed by atoms with Crippen molar-refractivity contribution in [1.82, 2.24) is 19.6 Å². The van der Waals surface area contributed by atoms with E-state index in [1.165, 1.54) is 5.56 Å². The Labute approximate surface area is 163 Å². The van der Waals surface area contributed by atoms with Crippen molar-refractivity contribution in [3.8, 4) is 0 Å². The van der Waals surface area contributed by atoms with Crippen LogP contribution in [0.4, 0.5) is 0 Å². The number of hydrogen-bond acceptors (Lipinski definition) is 4. The number of amides is 2. The largest absolute Gasteiger partial charge is 0.339 e. The summed E-state index contributed by atoms with van der Waals surface area (Å²) in [6, 6.07) is 9.81. The molecule has 7 heteroatoms. The minimum absolute atomic E-state index is 0.0114. The van der Waals surface area contributed by atoms with Crippen molar-refractivity contribution in [3.05, 3.63) is 53.9 Å². The summed E-state index contributed by atoms with van der Waals surface area (Å²) in [7, 11) is 1.80. The molecule has 0 unspecified atom stereocenters. The lowest BCUT2D eigenvalue weighted by Gasteiger charge is -2.31. The third-order valence-corrected chi connectivity index (χ3v) is 6.91. The molecule has 0 aliphatic carbocycles. The van der Waals surface area contributed by atoms with Crippen molar-refractivity contribution < 1.29 is 9.59 Å². The molecule has 2 aliphatic heterocycles. The molecule has 4 rings (SSSR count). The molecule has 1 aromatic carbocycles. The van der Waals surface area contributed by atoms with E-state index in [9.17, 15) is 9.59 Å². The first-order valence-corrected chi connectivity index (χ1v) is 10.2. The number of thioether (sulfide) groups is 1. The van der Waals surface area contributed by atoms with Crippen LogP contribution < -0.4 is 0 Å². The van der Waals surface area contributed by atoms with E-state index in [4.69, 9.17) is 0 Å². The number of carbonyl (C=O) groups is 2.